The number of benzene rings is 1. The molecule has 0 saturated heterocycles. The molecule has 0 bridgehead atoms. The largest absolute Gasteiger partial charge is 0.304 e. The lowest BCUT2D eigenvalue weighted by atomic mass is 10.2. The average molecular weight is 364 g/mol. The van der Waals surface area contributed by atoms with Crippen molar-refractivity contribution in [2.24, 2.45) is 0 Å². The Labute approximate surface area is 149 Å². The fraction of sp³-hybridized carbons (Fsp3) is 0.188. The molecule has 0 atom stereocenters. The second-order valence-corrected chi connectivity index (χ2v) is 5.92. The molecule has 0 aliphatic heterocycles. The fourth-order valence-electron chi connectivity index (χ4n) is 2.32. The lowest BCUT2D eigenvalue weighted by Gasteiger charge is -2.06. The zero-order valence-corrected chi connectivity index (χ0v) is 14.4. The van der Waals surface area contributed by atoms with Gasteiger partial charge in [-0.3, -0.25) is 14.2 Å². The van der Waals surface area contributed by atoms with Gasteiger partial charge in [0.15, 0.2) is 5.82 Å². The molecule has 6 nitrogen and oxygen atoms in total. The summed E-state index contributed by atoms with van der Waals surface area (Å²) in [4.78, 5) is 12.4. The third-order valence-electron chi connectivity index (χ3n) is 3.48. The van der Waals surface area contributed by atoms with E-state index < -0.39 is 0 Å². The van der Waals surface area contributed by atoms with E-state index in [0.717, 1.165) is 5.56 Å². The van der Waals surface area contributed by atoms with Crippen LogP contribution in [-0.4, -0.2) is 25.5 Å². The molecule has 24 heavy (non-hydrogen) atoms. The van der Waals surface area contributed by atoms with E-state index in [1.165, 1.54) is 6.20 Å². The predicted molar refractivity (Wildman–Crippen MR) is 93.6 cm³/mol. The molecule has 0 spiro atoms. The number of nitrogens with one attached hydrogen (secondary N) is 1. The van der Waals surface area contributed by atoms with Gasteiger partial charge in [-0.05, 0) is 18.6 Å². The summed E-state index contributed by atoms with van der Waals surface area (Å²) in [6.45, 7) is 2.96. The maximum Gasteiger partial charge on any atom is 0.276 e. The van der Waals surface area contributed by atoms with Gasteiger partial charge < -0.3 is 5.32 Å². The van der Waals surface area contributed by atoms with Gasteiger partial charge >= 0.3 is 0 Å². The average Bonchev–Trinajstić information content (AvgIpc) is 3.15. The van der Waals surface area contributed by atoms with Gasteiger partial charge in [0.1, 0.15) is 5.69 Å². The number of carbonyl (C=O) groups is 1. The number of carbonyl (C=O) groups excluding carboxylic acids is 1. The topological polar surface area (TPSA) is 64.7 Å². The number of halogens is 2. The van der Waals surface area contributed by atoms with Crippen LogP contribution in [0.1, 0.15) is 23.0 Å². The summed E-state index contributed by atoms with van der Waals surface area (Å²) in [7, 11) is 0. The minimum atomic E-state index is -0.345. The number of hydrogen-bond acceptors (Lipinski definition) is 3. The monoisotopic (exact) mass is 363 g/mol. The molecule has 2 heterocycles. The van der Waals surface area contributed by atoms with E-state index in [4.69, 9.17) is 23.2 Å². The van der Waals surface area contributed by atoms with Gasteiger partial charge in [-0.25, -0.2) is 0 Å². The van der Waals surface area contributed by atoms with Gasteiger partial charge in [0.25, 0.3) is 5.91 Å². The summed E-state index contributed by atoms with van der Waals surface area (Å²) in [6.07, 6.45) is 3.23. The van der Waals surface area contributed by atoms with Crippen LogP contribution in [-0.2, 0) is 13.1 Å². The summed E-state index contributed by atoms with van der Waals surface area (Å²) in [5.41, 5.74) is 1.27. The van der Waals surface area contributed by atoms with E-state index in [2.05, 4.69) is 15.5 Å². The first-order valence-corrected chi connectivity index (χ1v) is 8.13. The quantitative estimate of drug-likeness (QED) is 0.751. The van der Waals surface area contributed by atoms with Crippen molar-refractivity contribution in [3.63, 3.8) is 0 Å². The van der Waals surface area contributed by atoms with E-state index in [1.54, 1.807) is 21.6 Å². The number of anilines is 1. The molecule has 0 aliphatic rings. The highest BCUT2D eigenvalue weighted by molar-refractivity contribution is 6.34. The highest BCUT2D eigenvalue weighted by Crippen LogP contribution is 2.18. The first-order chi connectivity index (χ1) is 11.6. The van der Waals surface area contributed by atoms with E-state index in [1.807, 2.05) is 31.2 Å². The molecule has 3 aromatic rings. The molecule has 0 radical (unpaired) electrons. The van der Waals surface area contributed by atoms with Gasteiger partial charge in [-0.15, -0.1) is 0 Å². The second-order valence-electron chi connectivity index (χ2n) is 5.10. The van der Waals surface area contributed by atoms with Crippen LogP contribution in [0, 0.1) is 0 Å². The maximum atomic E-state index is 12.4. The van der Waals surface area contributed by atoms with Crippen LogP contribution in [0.4, 0.5) is 5.82 Å². The fourth-order valence-corrected chi connectivity index (χ4v) is 2.74. The molecule has 1 aromatic carbocycles. The minimum Gasteiger partial charge on any atom is -0.304 e. The number of rotatable bonds is 5. The Bertz CT molecular complexity index is 871. The van der Waals surface area contributed by atoms with Crippen LogP contribution in [0.3, 0.4) is 0 Å². The molecule has 8 heteroatoms. The molecule has 0 saturated carbocycles. The SMILES string of the molecule is CCn1ncc(Cl)c1C(=O)Nc1ccn(Cc2ccccc2Cl)n1. The lowest BCUT2D eigenvalue weighted by molar-refractivity contribution is 0.101. The van der Waals surface area contributed by atoms with E-state index >= 15 is 0 Å². The van der Waals surface area contributed by atoms with E-state index in [9.17, 15) is 4.79 Å². The van der Waals surface area contributed by atoms with Crippen LogP contribution in [0.5, 0.6) is 0 Å². The van der Waals surface area contributed by atoms with Crippen molar-refractivity contribution in [1.29, 1.82) is 0 Å². The maximum absolute atomic E-state index is 12.4. The van der Waals surface area contributed by atoms with Crippen molar-refractivity contribution in [3.05, 3.63) is 64.0 Å². The Morgan fingerprint density at radius 2 is 2.00 bits per heavy atom. The number of aryl methyl sites for hydroxylation is 1. The predicted octanol–water partition coefficient (Wildman–Crippen LogP) is 3.71. The number of nitrogens with zero attached hydrogens (tertiary/aromatic N) is 4. The third-order valence-corrected chi connectivity index (χ3v) is 4.13. The van der Waals surface area contributed by atoms with Gasteiger partial charge in [-0.1, -0.05) is 41.4 Å². The molecule has 1 amide bonds. The minimum absolute atomic E-state index is 0.310. The van der Waals surface area contributed by atoms with E-state index in [-0.39, 0.29) is 5.91 Å². The Balaban J connectivity index is 1.73. The molecular formula is C16H15Cl2N5O. The Hall–Kier alpha value is -2.31. The molecule has 2 aromatic heterocycles. The van der Waals surface area contributed by atoms with Crippen molar-refractivity contribution < 1.29 is 4.79 Å². The molecular weight excluding hydrogens is 349 g/mol. The van der Waals surface area contributed by atoms with Crippen LogP contribution in [0.25, 0.3) is 0 Å². The molecule has 124 valence electrons. The van der Waals surface area contributed by atoms with Crippen molar-refractivity contribution in [2.75, 3.05) is 5.32 Å². The smallest absolute Gasteiger partial charge is 0.276 e. The van der Waals surface area contributed by atoms with Gasteiger partial charge in [0.2, 0.25) is 0 Å². The van der Waals surface area contributed by atoms with Gasteiger partial charge in [0.05, 0.1) is 17.8 Å². The van der Waals surface area contributed by atoms with Crippen molar-refractivity contribution in [1.82, 2.24) is 19.6 Å². The van der Waals surface area contributed by atoms with Crippen LogP contribution < -0.4 is 5.32 Å². The standard InChI is InChI=1S/C16H15Cl2N5O/c1-2-23-15(13(18)9-19-23)16(24)20-14-7-8-22(21-14)10-11-5-3-4-6-12(11)17/h3-9H,2,10H2,1H3,(H,20,21,24). The summed E-state index contributed by atoms with van der Waals surface area (Å²) >= 11 is 12.2. The van der Waals surface area contributed by atoms with Crippen LogP contribution in [0.2, 0.25) is 10.0 Å². The summed E-state index contributed by atoms with van der Waals surface area (Å²) in [5.74, 6) is 0.0920. The summed E-state index contributed by atoms with van der Waals surface area (Å²) in [5, 5.41) is 12.1. The zero-order valence-electron chi connectivity index (χ0n) is 12.9. The molecule has 0 unspecified atom stereocenters. The molecule has 1 N–H and O–H groups in total. The highest BCUT2D eigenvalue weighted by Gasteiger charge is 2.17. The first-order valence-electron chi connectivity index (χ1n) is 7.38. The van der Waals surface area contributed by atoms with Crippen LogP contribution >= 0.6 is 23.2 Å². The Morgan fingerprint density at radius 1 is 1.21 bits per heavy atom. The van der Waals surface area contributed by atoms with Gasteiger partial charge in [0, 0.05) is 23.8 Å². The second kappa shape index (κ2) is 7.07. The van der Waals surface area contributed by atoms with Crippen molar-refractivity contribution >= 4 is 34.9 Å². The molecule has 0 aliphatic carbocycles. The Kier molecular flexibility index (Phi) is 4.87. The number of aromatic nitrogens is 4. The van der Waals surface area contributed by atoms with Crippen molar-refractivity contribution in [3.8, 4) is 0 Å². The highest BCUT2D eigenvalue weighted by atomic mass is 35.5. The van der Waals surface area contributed by atoms with E-state index in [0.29, 0.717) is 34.6 Å². The summed E-state index contributed by atoms with van der Waals surface area (Å²) in [6, 6.07) is 9.27. The molecule has 3 rings (SSSR count). The van der Waals surface area contributed by atoms with Gasteiger partial charge in [-0.2, -0.15) is 10.2 Å². The first kappa shape index (κ1) is 16.5. The van der Waals surface area contributed by atoms with Crippen molar-refractivity contribution in [2.45, 2.75) is 20.0 Å². The normalized spacial score (nSPS) is 10.8. The third kappa shape index (κ3) is 3.44. The number of hydrogen-bond donors (Lipinski definition) is 1. The Morgan fingerprint density at radius 3 is 2.75 bits per heavy atom. The summed E-state index contributed by atoms with van der Waals surface area (Å²) < 4.78 is 3.24. The molecule has 0 fully saturated rings. The van der Waals surface area contributed by atoms with Crippen LogP contribution in [0.15, 0.2) is 42.7 Å². The lowest BCUT2D eigenvalue weighted by Crippen LogP contribution is -2.18. The zero-order chi connectivity index (χ0) is 17.1. The number of amides is 1.